The number of halogens is 2. The minimum absolute atomic E-state index is 0.00378. The fraction of sp³-hybridized carbons (Fsp3) is 0.333. The van der Waals surface area contributed by atoms with Crippen LogP contribution in [0.25, 0.3) is 5.69 Å². The Morgan fingerprint density at radius 2 is 2.33 bits per heavy atom. The second-order valence-electron chi connectivity index (χ2n) is 5.24. The number of hydrogen-bond acceptors (Lipinski definition) is 2. The summed E-state index contributed by atoms with van der Waals surface area (Å²) in [6, 6.07) is 4.46. The van der Waals surface area contributed by atoms with Crippen molar-refractivity contribution in [2.75, 3.05) is 0 Å². The summed E-state index contributed by atoms with van der Waals surface area (Å²) in [7, 11) is 0. The lowest BCUT2D eigenvalue weighted by molar-refractivity contribution is -0.137. The summed E-state index contributed by atoms with van der Waals surface area (Å²) in [5, 5.41) is 13.4. The summed E-state index contributed by atoms with van der Waals surface area (Å²) in [5.74, 6) is -1.27. The fourth-order valence-electron chi connectivity index (χ4n) is 2.91. The van der Waals surface area contributed by atoms with Gasteiger partial charge in [0.15, 0.2) is 0 Å². The van der Waals surface area contributed by atoms with Crippen molar-refractivity contribution in [2.45, 2.75) is 31.6 Å². The largest absolute Gasteiger partial charge is 0.481 e. The Kier molecular flexibility index (Phi) is 3.68. The van der Waals surface area contributed by atoms with Crippen molar-refractivity contribution >= 4 is 17.6 Å². The van der Waals surface area contributed by atoms with E-state index in [4.69, 9.17) is 16.7 Å². The molecule has 0 spiro atoms. The molecule has 1 aromatic carbocycles. The quantitative estimate of drug-likeness (QED) is 0.943. The van der Waals surface area contributed by atoms with Crippen LogP contribution in [-0.4, -0.2) is 20.9 Å². The van der Waals surface area contributed by atoms with Crippen molar-refractivity contribution in [1.82, 2.24) is 9.78 Å². The number of nitrogens with zero attached hydrogens (tertiary/aromatic N) is 2. The Labute approximate surface area is 126 Å². The molecule has 2 aromatic rings. The van der Waals surface area contributed by atoms with Crippen LogP contribution in [0.4, 0.5) is 4.39 Å². The van der Waals surface area contributed by atoms with Gasteiger partial charge in [0.25, 0.3) is 0 Å². The van der Waals surface area contributed by atoms with E-state index in [0.29, 0.717) is 5.69 Å². The van der Waals surface area contributed by atoms with Crippen LogP contribution in [0.5, 0.6) is 0 Å². The molecule has 1 N–H and O–H groups in total. The summed E-state index contributed by atoms with van der Waals surface area (Å²) in [5.41, 5.74) is 2.66. The van der Waals surface area contributed by atoms with Crippen molar-refractivity contribution < 1.29 is 14.3 Å². The van der Waals surface area contributed by atoms with Crippen molar-refractivity contribution in [1.29, 1.82) is 0 Å². The molecule has 1 aromatic heterocycles. The van der Waals surface area contributed by atoms with E-state index in [-0.39, 0.29) is 17.4 Å². The molecule has 1 unspecified atom stereocenters. The Bertz CT molecular complexity index is 699. The molecule has 0 radical (unpaired) electrons. The van der Waals surface area contributed by atoms with Gasteiger partial charge in [-0.2, -0.15) is 5.10 Å². The van der Waals surface area contributed by atoms with Gasteiger partial charge in [0, 0.05) is 5.69 Å². The van der Waals surface area contributed by atoms with Gasteiger partial charge in [-0.15, -0.1) is 0 Å². The average molecular weight is 309 g/mol. The van der Waals surface area contributed by atoms with Gasteiger partial charge >= 0.3 is 5.97 Å². The maximum atomic E-state index is 13.3. The van der Waals surface area contributed by atoms with Crippen LogP contribution in [-0.2, 0) is 11.2 Å². The smallest absolute Gasteiger partial charge is 0.303 e. The predicted octanol–water partition coefficient (Wildman–Crippen LogP) is 3.56. The summed E-state index contributed by atoms with van der Waals surface area (Å²) in [6.07, 6.45) is 4.45. The molecular weight excluding hydrogens is 295 g/mol. The van der Waals surface area contributed by atoms with Crippen molar-refractivity contribution in [3.05, 3.63) is 46.5 Å². The summed E-state index contributed by atoms with van der Waals surface area (Å²) >= 11 is 5.82. The maximum absolute atomic E-state index is 13.3. The fourth-order valence-corrected chi connectivity index (χ4v) is 3.09. The molecule has 6 heteroatoms. The van der Waals surface area contributed by atoms with E-state index in [1.54, 1.807) is 16.9 Å². The Morgan fingerprint density at radius 1 is 1.52 bits per heavy atom. The van der Waals surface area contributed by atoms with E-state index in [0.717, 1.165) is 30.5 Å². The average Bonchev–Trinajstić information content (AvgIpc) is 2.86. The van der Waals surface area contributed by atoms with Gasteiger partial charge in [-0.1, -0.05) is 11.6 Å². The highest BCUT2D eigenvalue weighted by Crippen LogP contribution is 2.35. The molecule has 1 aliphatic carbocycles. The second kappa shape index (κ2) is 5.48. The Hall–Kier alpha value is -1.88. The number of carboxylic acid groups (broad SMARTS) is 1. The Balaban J connectivity index is 2.00. The molecule has 1 heterocycles. The first-order valence-corrected chi connectivity index (χ1v) is 7.18. The molecule has 1 aliphatic rings. The molecule has 0 saturated heterocycles. The van der Waals surface area contributed by atoms with Crippen molar-refractivity contribution in [3.8, 4) is 5.69 Å². The first-order chi connectivity index (χ1) is 10.1. The highest BCUT2D eigenvalue weighted by atomic mass is 35.5. The van der Waals surface area contributed by atoms with Crippen LogP contribution in [0.1, 0.15) is 36.4 Å². The SMILES string of the molecule is O=C(O)CC1CCCc2c1cnn2-c1ccc(F)c(Cl)c1. The summed E-state index contributed by atoms with van der Waals surface area (Å²) < 4.78 is 15.0. The number of carbonyl (C=O) groups is 1. The molecular formula is C15H14ClFN2O2. The number of rotatable bonds is 3. The lowest BCUT2D eigenvalue weighted by Gasteiger charge is -2.21. The molecule has 0 bridgehead atoms. The molecule has 4 nitrogen and oxygen atoms in total. The Morgan fingerprint density at radius 3 is 3.05 bits per heavy atom. The molecule has 0 aliphatic heterocycles. The lowest BCUT2D eigenvalue weighted by Crippen LogP contribution is -2.14. The third-order valence-electron chi connectivity index (χ3n) is 3.88. The monoisotopic (exact) mass is 308 g/mol. The minimum atomic E-state index is -0.801. The van der Waals surface area contributed by atoms with Crippen LogP contribution in [0.2, 0.25) is 5.02 Å². The van der Waals surface area contributed by atoms with Gasteiger partial charge in [0.1, 0.15) is 5.82 Å². The standard InChI is InChI=1S/C15H14ClFN2O2/c16-12-7-10(4-5-13(12)17)19-14-3-1-2-9(6-15(20)21)11(14)8-18-19/h4-5,7-9H,1-3,6H2,(H,20,21). The third kappa shape index (κ3) is 2.65. The normalized spacial score (nSPS) is 17.5. The highest BCUT2D eigenvalue weighted by Gasteiger charge is 2.26. The molecule has 21 heavy (non-hydrogen) atoms. The number of hydrogen-bond donors (Lipinski definition) is 1. The zero-order valence-electron chi connectivity index (χ0n) is 11.2. The van der Waals surface area contributed by atoms with E-state index in [9.17, 15) is 9.18 Å². The summed E-state index contributed by atoms with van der Waals surface area (Å²) in [4.78, 5) is 10.9. The van der Waals surface area contributed by atoms with Crippen molar-refractivity contribution in [2.24, 2.45) is 0 Å². The third-order valence-corrected chi connectivity index (χ3v) is 4.17. The van der Waals surface area contributed by atoms with E-state index in [1.807, 2.05) is 0 Å². The molecule has 0 amide bonds. The second-order valence-corrected chi connectivity index (χ2v) is 5.65. The lowest BCUT2D eigenvalue weighted by atomic mass is 9.85. The van der Waals surface area contributed by atoms with E-state index in [2.05, 4.69) is 5.10 Å². The van der Waals surface area contributed by atoms with Crippen LogP contribution in [0.15, 0.2) is 24.4 Å². The molecule has 110 valence electrons. The van der Waals surface area contributed by atoms with Gasteiger partial charge < -0.3 is 5.11 Å². The van der Waals surface area contributed by atoms with Crippen LogP contribution < -0.4 is 0 Å². The van der Waals surface area contributed by atoms with E-state index < -0.39 is 11.8 Å². The number of carboxylic acids is 1. The number of benzene rings is 1. The minimum Gasteiger partial charge on any atom is -0.481 e. The van der Waals surface area contributed by atoms with Crippen LogP contribution in [0, 0.1) is 5.82 Å². The summed E-state index contributed by atoms with van der Waals surface area (Å²) in [6.45, 7) is 0. The number of aromatic nitrogens is 2. The zero-order chi connectivity index (χ0) is 15.0. The van der Waals surface area contributed by atoms with Gasteiger partial charge in [-0.3, -0.25) is 4.79 Å². The van der Waals surface area contributed by atoms with Crippen LogP contribution >= 0.6 is 11.6 Å². The van der Waals surface area contributed by atoms with Crippen LogP contribution in [0.3, 0.4) is 0 Å². The molecule has 0 saturated carbocycles. The number of aliphatic carboxylic acids is 1. The van der Waals surface area contributed by atoms with Crippen molar-refractivity contribution in [3.63, 3.8) is 0 Å². The van der Waals surface area contributed by atoms with Gasteiger partial charge in [0.05, 0.1) is 23.3 Å². The molecule has 0 fully saturated rings. The molecule has 1 atom stereocenters. The zero-order valence-corrected chi connectivity index (χ0v) is 12.0. The predicted molar refractivity (Wildman–Crippen MR) is 76.5 cm³/mol. The van der Waals surface area contributed by atoms with E-state index >= 15 is 0 Å². The van der Waals surface area contributed by atoms with Gasteiger partial charge in [0.2, 0.25) is 0 Å². The van der Waals surface area contributed by atoms with Gasteiger partial charge in [-0.25, -0.2) is 9.07 Å². The first kappa shape index (κ1) is 14.1. The number of fused-ring (bicyclic) bond motifs is 1. The van der Waals surface area contributed by atoms with Gasteiger partial charge in [-0.05, 0) is 48.9 Å². The maximum Gasteiger partial charge on any atom is 0.303 e. The first-order valence-electron chi connectivity index (χ1n) is 6.80. The highest BCUT2D eigenvalue weighted by molar-refractivity contribution is 6.30. The van der Waals surface area contributed by atoms with E-state index in [1.165, 1.54) is 12.1 Å². The molecule has 3 rings (SSSR count). The topological polar surface area (TPSA) is 55.1 Å².